The number of rotatable bonds is 4. The number of likely N-dealkylation sites (N-methyl/N-ethyl adjacent to an activating group) is 1. The van der Waals surface area contributed by atoms with Gasteiger partial charge in [0.2, 0.25) is 0 Å². The molecule has 0 aromatic carbocycles. The number of likely N-dealkylation sites (tertiary alicyclic amines) is 1. The number of carboxylic acids is 2. The molecule has 3 heterocycles. The Bertz CT molecular complexity index is 670. The van der Waals surface area contributed by atoms with Crippen molar-refractivity contribution < 1.29 is 24.6 Å². The first-order valence-corrected chi connectivity index (χ1v) is 8.70. The molecule has 9 nitrogen and oxygen atoms in total. The molecule has 0 saturated carbocycles. The zero-order chi connectivity index (χ0) is 19.6. The van der Waals surface area contributed by atoms with Crippen LogP contribution in [0.15, 0.2) is 41.8 Å². The molecular formula is C18H24N4O5. The van der Waals surface area contributed by atoms with E-state index < -0.39 is 11.9 Å². The molecule has 1 fully saturated rings. The van der Waals surface area contributed by atoms with E-state index in [0.29, 0.717) is 18.8 Å². The molecular weight excluding hydrogens is 352 g/mol. The molecule has 2 aliphatic rings. The van der Waals surface area contributed by atoms with Gasteiger partial charge in [-0.3, -0.25) is 9.88 Å². The highest BCUT2D eigenvalue weighted by atomic mass is 16.6. The van der Waals surface area contributed by atoms with E-state index in [4.69, 9.17) is 15.1 Å². The minimum atomic E-state index is -1.26. The smallest absolute Gasteiger partial charge is 0.328 e. The molecule has 2 aliphatic heterocycles. The van der Waals surface area contributed by atoms with Gasteiger partial charge in [-0.15, -0.1) is 0 Å². The Kier molecular flexibility index (Phi) is 7.75. The van der Waals surface area contributed by atoms with Crippen LogP contribution in [0.4, 0.5) is 0 Å². The van der Waals surface area contributed by atoms with Crippen LogP contribution < -0.4 is 0 Å². The number of pyridine rings is 1. The van der Waals surface area contributed by atoms with Crippen LogP contribution in [0, 0.1) is 0 Å². The summed E-state index contributed by atoms with van der Waals surface area (Å²) in [6.07, 6.45) is 8.91. The van der Waals surface area contributed by atoms with Gasteiger partial charge in [0.15, 0.2) is 12.4 Å². The normalized spacial score (nSPS) is 20.3. The number of aromatic nitrogens is 1. The van der Waals surface area contributed by atoms with Gasteiger partial charge in [0.05, 0.1) is 0 Å². The fraction of sp³-hybridized carbons (Fsp3) is 0.444. The quantitative estimate of drug-likeness (QED) is 0.754. The third-order valence-corrected chi connectivity index (χ3v) is 4.26. The first-order valence-electron chi connectivity index (χ1n) is 8.70. The van der Waals surface area contributed by atoms with Crippen LogP contribution in [-0.4, -0.2) is 75.7 Å². The van der Waals surface area contributed by atoms with Crippen LogP contribution in [-0.2, 0) is 14.4 Å². The summed E-state index contributed by atoms with van der Waals surface area (Å²) in [6, 6.07) is 3.94. The van der Waals surface area contributed by atoms with Gasteiger partial charge in [-0.1, -0.05) is 11.6 Å². The summed E-state index contributed by atoms with van der Waals surface area (Å²) in [7, 11) is 2.09. The summed E-state index contributed by atoms with van der Waals surface area (Å²) < 4.78 is 0. The molecule has 0 amide bonds. The largest absolute Gasteiger partial charge is 0.478 e. The zero-order valence-corrected chi connectivity index (χ0v) is 15.2. The maximum Gasteiger partial charge on any atom is 0.328 e. The fourth-order valence-electron chi connectivity index (χ4n) is 2.94. The third kappa shape index (κ3) is 6.37. The number of piperidine rings is 1. The maximum atomic E-state index is 9.55. The van der Waals surface area contributed by atoms with Crippen LogP contribution in [0.5, 0.6) is 0 Å². The minimum absolute atomic E-state index is 0.285. The average Bonchev–Trinajstić information content (AvgIpc) is 2.68. The molecule has 0 aliphatic carbocycles. The summed E-state index contributed by atoms with van der Waals surface area (Å²) >= 11 is 0. The van der Waals surface area contributed by atoms with E-state index in [0.717, 1.165) is 24.5 Å². The highest BCUT2D eigenvalue weighted by Gasteiger charge is 2.30. The summed E-state index contributed by atoms with van der Waals surface area (Å²) in [6.45, 7) is 2.94. The molecule has 0 radical (unpaired) electrons. The van der Waals surface area contributed by atoms with E-state index in [1.165, 1.54) is 19.3 Å². The van der Waals surface area contributed by atoms with Crippen LogP contribution in [0.2, 0.25) is 0 Å². The van der Waals surface area contributed by atoms with E-state index in [-0.39, 0.29) is 6.17 Å². The van der Waals surface area contributed by atoms with Crippen molar-refractivity contribution >= 4 is 17.8 Å². The predicted octanol–water partition coefficient (Wildman–Crippen LogP) is 1.23. The van der Waals surface area contributed by atoms with Gasteiger partial charge in [-0.25, -0.2) is 9.59 Å². The molecule has 27 heavy (non-hydrogen) atoms. The van der Waals surface area contributed by atoms with Gasteiger partial charge in [-0.2, -0.15) is 0 Å². The van der Waals surface area contributed by atoms with Gasteiger partial charge in [0.25, 0.3) is 0 Å². The summed E-state index contributed by atoms with van der Waals surface area (Å²) in [5.41, 5.74) is 1.01. The van der Waals surface area contributed by atoms with E-state index in [1.54, 1.807) is 6.20 Å². The summed E-state index contributed by atoms with van der Waals surface area (Å²) in [5.74, 6) is -1.64. The van der Waals surface area contributed by atoms with Crippen molar-refractivity contribution in [2.75, 3.05) is 26.7 Å². The second-order valence-corrected chi connectivity index (χ2v) is 6.15. The standard InChI is InChI=1S/C14H20N4O.C4H4O4/c1-17-13(18-8-3-2-4-9-18)11-19-16-14(17)12-6-5-7-15-10-12;5-3(6)1-2-4(7)8/h5-7,10,13H,2-4,8-9,11H2,1H3;1-2H,(H,5,6)(H,7,8). The molecule has 1 aromatic heterocycles. The molecule has 146 valence electrons. The van der Waals surface area contributed by atoms with Crippen molar-refractivity contribution in [3.8, 4) is 0 Å². The lowest BCUT2D eigenvalue weighted by molar-refractivity contribution is -0.134. The topological polar surface area (TPSA) is 116 Å². The van der Waals surface area contributed by atoms with E-state index in [2.05, 4.69) is 27.0 Å². The Hall–Kier alpha value is -2.94. The van der Waals surface area contributed by atoms with Crippen LogP contribution in [0.3, 0.4) is 0 Å². The Morgan fingerprint density at radius 3 is 2.41 bits per heavy atom. The van der Waals surface area contributed by atoms with Crippen molar-refractivity contribution in [2.45, 2.75) is 25.4 Å². The summed E-state index contributed by atoms with van der Waals surface area (Å²) in [5, 5.41) is 19.8. The molecule has 9 heteroatoms. The summed E-state index contributed by atoms with van der Waals surface area (Å²) in [4.78, 5) is 33.4. The molecule has 1 aromatic rings. The second-order valence-electron chi connectivity index (χ2n) is 6.15. The molecule has 0 spiro atoms. The van der Waals surface area contributed by atoms with Gasteiger partial charge >= 0.3 is 11.9 Å². The van der Waals surface area contributed by atoms with Gasteiger partial charge in [0.1, 0.15) is 6.17 Å². The Labute approximate surface area is 157 Å². The zero-order valence-electron chi connectivity index (χ0n) is 15.2. The highest BCUT2D eigenvalue weighted by Crippen LogP contribution is 2.19. The first kappa shape index (κ1) is 20.4. The molecule has 1 saturated heterocycles. The SMILES string of the molecule is CN1C(c2cccnc2)=NOCC1N1CCCCC1.O=C(O)C=CC(=O)O. The number of hydrogen-bond donors (Lipinski definition) is 2. The molecule has 1 unspecified atom stereocenters. The van der Waals surface area contributed by atoms with Crippen molar-refractivity contribution in [2.24, 2.45) is 5.16 Å². The van der Waals surface area contributed by atoms with Crippen molar-refractivity contribution in [1.82, 2.24) is 14.8 Å². The van der Waals surface area contributed by atoms with Gasteiger partial charge < -0.3 is 20.0 Å². The van der Waals surface area contributed by atoms with Crippen molar-refractivity contribution in [3.05, 3.63) is 42.2 Å². The monoisotopic (exact) mass is 376 g/mol. The molecule has 1 atom stereocenters. The Balaban J connectivity index is 0.000000279. The Morgan fingerprint density at radius 2 is 1.85 bits per heavy atom. The fourth-order valence-corrected chi connectivity index (χ4v) is 2.94. The van der Waals surface area contributed by atoms with E-state index in [1.807, 2.05) is 18.3 Å². The Morgan fingerprint density at radius 1 is 1.19 bits per heavy atom. The van der Waals surface area contributed by atoms with Crippen molar-refractivity contribution in [3.63, 3.8) is 0 Å². The lowest BCUT2D eigenvalue weighted by Gasteiger charge is -2.41. The van der Waals surface area contributed by atoms with Crippen LogP contribution in [0.25, 0.3) is 0 Å². The maximum absolute atomic E-state index is 9.55. The molecule has 3 rings (SSSR count). The first-order chi connectivity index (χ1) is 13.0. The lowest BCUT2D eigenvalue weighted by Crippen LogP contribution is -2.55. The molecule has 2 N–H and O–H groups in total. The lowest BCUT2D eigenvalue weighted by atomic mass is 10.1. The average molecular weight is 376 g/mol. The highest BCUT2D eigenvalue weighted by molar-refractivity contribution is 5.98. The number of oxime groups is 1. The second kappa shape index (κ2) is 10.3. The van der Waals surface area contributed by atoms with Crippen molar-refractivity contribution in [1.29, 1.82) is 0 Å². The van der Waals surface area contributed by atoms with E-state index >= 15 is 0 Å². The minimum Gasteiger partial charge on any atom is -0.478 e. The van der Waals surface area contributed by atoms with Gasteiger partial charge in [0, 0.05) is 50.2 Å². The van der Waals surface area contributed by atoms with Crippen LogP contribution in [0.1, 0.15) is 24.8 Å². The number of aliphatic carboxylic acids is 2. The van der Waals surface area contributed by atoms with Crippen LogP contribution >= 0.6 is 0 Å². The number of amidine groups is 1. The predicted molar refractivity (Wildman–Crippen MR) is 98.1 cm³/mol. The number of carboxylic acid groups (broad SMARTS) is 2. The molecule has 0 bridgehead atoms. The van der Waals surface area contributed by atoms with E-state index in [9.17, 15) is 9.59 Å². The van der Waals surface area contributed by atoms with Gasteiger partial charge in [-0.05, 0) is 25.0 Å². The number of hydrogen-bond acceptors (Lipinski definition) is 7. The number of nitrogens with zero attached hydrogens (tertiary/aromatic N) is 4. The number of carbonyl (C=O) groups is 2. The third-order valence-electron chi connectivity index (χ3n) is 4.26.